The van der Waals surface area contributed by atoms with Crippen LogP contribution in [-0.4, -0.2) is 42.9 Å². The first-order valence-corrected chi connectivity index (χ1v) is 10.3. The van der Waals surface area contributed by atoms with Gasteiger partial charge in [-0.25, -0.2) is 12.7 Å². The molecule has 0 aliphatic carbocycles. The van der Waals surface area contributed by atoms with Crippen molar-refractivity contribution in [3.63, 3.8) is 0 Å². The van der Waals surface area contributed by atoms with Crippen molar-refractivity contribution >= 4 is 21.9 Å². The van der Waals surface area contributed by atoms with Gasteiger partial charge < -0.3 is 4.42 Å². The molecule has 0 saturated heterocycles. The molecule has 3 rings (SSSR count). The van der Waals surface area contributed by atoms with E-state index in [4.69, 9.17) is 4.42 Å². The molecule has 1 N–H and O–H groups in total. The van der Waals surface area contributed by atoms with Crippen molar-refractivity contribution in [3.05, 3.63) is 59.2 Å². The van der Waals surface area contributed by atoms with Gasteiger partial charge in [-0.2, -0.15) is 0 Å². The standard InChI is InChI=1S/C20H22N4O4S/c1-13-5-6-14(2)16(11-13)12-18(25)21-20-23-22-19(28-20)15-7-9-17(10-8-15)29(26,27)24(3)4/h5-11H,12H2,1-4H3,(H,21,23,25). The highest BCUT2D eigenvalue weighted by atomic mass is 32.2. The number of benzene rings is 2. The molecule has 0 atom stereocenters. The Balaban J connectivity index is 1.71. The number of hydrogen-bond donors (Lipinski definition) is 1. The first-order chi connectivity index (χ1) is 13.7. The highest BCUT2D eigenvalue weighted by Crippen LogP contribution is 2.23. The number of nitrogens with one attached hydrogen (secondary N) is 1. The van der Waals surface area contributed by atoms with Gasteiger partial charge in [0.15, 0.2) is 0 Å². The monoisotopic (exact) mass is 414 g/mol. The van der Waals surface area contributed by atoms with E-state index in [1.54, 1.807) is 12.1 Å². The molecule has 1 aromatic heterocycles. The Morgan fingerprint density at radius 2 is 1.76 bits per heavy atom. The van der Waals surface area contributed by atoms with Gasteiger partial charge in [-0.1, -0.05) is 28.9 Å². The fourth-order valence-corrected chi connectivity index (χ4v) is 3.60. The number of carbonyl (C=O) groups excluding carboxylic acids is 1. The molecule has 29 heavy (non-hydrogen) atoms. The van der Waals surface area contributed by atoms with E-state index < -0.39 is 10.0 Å². The number of sulfonamides is 1. The summed E-state index contributed by atoms with van der Waals surface area (Å²) in [5.41, 5.74) is 3.59. The van der Waals surface area contributed by atoms with E-state index in [1.807, 2.05) is 32.0 Å². The summed E-state index contributed by atoms with van der Waals surface area (Å²) < 4.78 is 30.9. The van der Waals surface area contributed by atoms with Crippen LogP contribution >= 0.6 is 0 Å². The van der Waals surface area contributed by atoms with Gasteiger partial charge in [0.05, 0.1) is 11.3 Å². The van der Waals surface area contributed by atoms with Gasteiger partial charge in [-0.05, 0) is 49.2 Å². The van der Waals surface area contributed by atoms with Crippen LogP contribution in [0.15, 0.2) is 51.8 Å². The van der Waals surface area contributed by atoms with Crippen molar-refractivity contribution in [2.75, 3.05) is 19.4 Å². The molecule has 0 saturated carbocycles. The minimum Gasteiger partial charge on any atom is -0.403 e. The maximum absolute atomic E-state index is 12.3. The minimum atomic E-state index is -3.51. The Hall–Kier alpha value is -3.04. The third-order valence-electron chi connectivity index (χ3n) is 4.41. The fraction of sp³-hybridized carbons (Fsp3) is 0.250. The Morgan fingerprint density at radius 1 is 1.07 bits per heavy atom. The lowest BCUT2D eigenvalue weighted by Crippen LogP contribution is -2.22. The quantitative estimate of drug-likeness (QED) is 0.665. The summed E-state index contributed by atoms with van der Waals surface area (Å²) >= 11 is 0. The molecule has 1 amide bonds. The number of aromatic nitrogens is 2. The number of aryl methyl sites for hydroxylation is 2. The molecule has 0 aliphatic heterocycles. The molecule has 9 heteroatoms. The number of nitrogens with zero attached hydrogens (tertiary/aromatic N) is 3. The van der Waals surface area contributed by atoms with Crippen LogP contribution < -0.4 is 5.32 Å². The summed E-state index contributed by atoms with van der Waals surface area (Å²) in [6.45, 7) is 3.92. The predicted octanol–water partition coefficient (Wildman–Crippen LogP) is 2.78. The zero-order chi connectivity index (χ0) is 21.2. The molecule has 0 radical (unpaired) electrons. The molecule has 0 aliphatic rings. The van der Waals surface area contributed by atoms with Crippen LogP contribution in [0.3, 0.4) is 0 Å². The maximum atomic E-state index is 12.3. The molecule has 0 fully saturated rings. The van der Waals surface area contributed by atoms with Crippen LogP contribution in [0.5, 0.6) is 0 Å². The van der Waals surface area contributed by atoms with Crippen molar-refractivity contribution in [2.24, 2.45) is 0 Å². The first kappa shape index (κ1) is 20.7. The molecule has 0 bridgehead atoms. The Bertz CT molecular complexity index is 1140. The molecule has 1 heterocycles. The van der Waals surface area contributed by atoms with E-state index in [2.05, 4.69) is 15.5 Å². The topological polar surface area (TPSA) is 105 Å². The average molecular weight is 414 g/mol. The maximum Gasteiger partial charge on any atom is 0.322 e. The van der Waals surface area contributed by atoms with E-state index in [0.29, 0.717) is 5.56 Å². The Kier molecular flexibility index (Phi) is 5.81. The van der Waals surface area contributed by atoms with Crippen LogP contribution in [0, 0.1) is 13.8 Å². The van der Waals surface area contributed by atoms with E-state index in [9.17, 15) is 13.2 Å². The zero-order valence-electron chi connectivity index (χ0n) is 16.6. The van der Waals surface area contributed by atoms with Crippen molar-refractivity contribution in [1.82, 2.24) is 14.5 Å². The number of hydrogen-bond acceptors (Lipinski definition) is 6. The summed E-state index contributed by atoms with van der Waals surface area (Å²) in [5, 5.41) is 10.3. The van der Waals surface area contributed by atoms with Crippen molar-refractivity contribution in [1.29, 1.82) is 0 Å². The molecule has 8 nitrogen and oxygen atoms in total. The van der Waals surface area contributed by atoms with E-state index in [0.717, 1.165) is 21.0 Å². The first-order valence-electron chi connectivity index (χ1n) is 8.89. The largest absolute Gasteiger partial charge is 0.403 e. The van der Waals surface area contributed by atoms with Gasteiger partial charge in [0.25, 0.3) is 0 Å². The number of rotatable bonds is 6. The summed E-state index contributed by atoms with van der Waals surface area (Å²) in [7, 11) is -0.580. The van der Waals surface area contributed by atoms with Gasteiger partial charge in [0.1, 0.15) is 0 Å². The number of anilines is 1. The average Bonchev–Trinajstić information content (AvgIpc) is 3.13. The molecule has 0 spiro atoms. The fourth-order valence-electron chi connectivity index (χ4n) is 2.70. The minimum absolute atomic E-state index is 0.0136. The second-order valence-corrected chi connectivity index (χ2v) is 9.03. The summed E-state index contributed by atoms with van der Waals surface area (Å²) in [6.07, 6.45) is 0.197. The molecule has 152 valence electrons. The Labute approximate surface area is 169 Å². The van der Waals surface area contributed by atoms with Gasteiger partial charge in [-0.15, -0.1) is 5.10 Å². The summed E-state index contributed by atoms with van der Waals surface area (Å²) in [6, 6.07) is 12.0. The van der Waals surface area contributed by atoms with E-state index >= 15 is 0 Å². The predicted molar refractivity (Wildman–Crippen MR) is 109 cm³/mol. The molecule has 2 aromatic carbocycles. The molecular weight excluding hydrogens is 392 g/mol. The van der Waals surface area contributed by atoms with Crippen molar-refractivity contribution < 1.29 is 17.6 Å². The van der Waals surface area contributed by atoms with Crippen LogP contribution in [0.1, 0.15) is 16.7 Å². The van der Waals surface area contributed by atoms with Gasteiger partial charge >= 0.3 is 6.01 Å². The SMILES string of the molecule is Cc1ccc(C)c(CC(=O)Nc2nnc(-c3ccc(S(=O)(=O)N(C)C)cc3)o2)c1. The second-order valence-electron chi connectivity index (χ2n) is 6.88. The van der Waals surface area contributed by atoms with Gasteiger partial charge in [0, 0.05) is 19.7 Å². The van der Waals surface area contributed by atoms with E-state index in [-0.39, 0.29) is 29.1 Å². The lowest BCUT2D eigenvalue weighted by Gasteiger charge is -2.11. The van der Waals surface area contributed by atoms with Crippen LogP contribution in [0.4, 0.5) is 6.01 Å². The highest BCUT2D eigenvalue weighted by Gasteiger charge is 2.18. The molecule has 0 unspecified atom stereocenters. The van der Waals surface area contributed by atoms with Crippen LogP contribution in [0.2, 0.25) is 0 Å². The Morgan fingerprint density at radius 3 is 2.41 bits per heavy atom. The van der Waals surface area contributed by atoms with Crippen molar-refractivity contribution in [3.8, 4) is 11.5 Å². The lowest BCUT2D eigenvalue weighted by molar-refractivity contribution is -0.115. The zero-order valence-corrected chi connectivity index (χ0v) is 17.4. The number of carbonyl (C=O) groups is 1. The van der Waals surface area contributed by atoms with Crippen LogP contribution in [-0.2, 0) is 21.2 Å². The normalized spacial score (nSPS) is 11.6. The second kappa shape index (κ2) is 8.14. The molecule has 3 aromatic rings. The smallest absolute Gasteiger partial charge is 0.322 e. The number of amides is 1. The van der Waals surface area contributed by atoms with Gasteiger partial charge in [-0.3, -0.25) is 10.1 Å². The summed E-state index contributed by atoms with van der Waals surface area (Å²) in [5.74, 6) is -0.0813. The third-order valence-corrected chi connectivity index (χ3v) is 6.24. The third kappa shape index (κ3) is 4.69. The van der Waals surface area contributed by atoms with E-state index in [1.165, 1.54) is 26.2 Å². The van der Waals surface area contributed by atoms with Crippen molar-refractivity contribution in [2.45, 2.75) is 25.2 Å². The van der Waals surface area contributed by atoms with Gasteiger partial charge in [0.2, 0.25) is 21.8 Å². The van der Waals surface area contributed by atoms with Crippen LogP contribution in [0.25, 0.3) is 11.5 Å². The highest BCUT2D eigenvalue weighted by molar-refractivity contribution is 7.89. The lowest BCUT2D eigenvalue weighted by atomic mass is 10.0. The molecular formula is C20H22N4O4S. The summed E-state index contributed by atoms with van der Waals surface area (Å²) in [4.78, 5) is 12.5.